The van der Waals surface area contributed by atoms with Crippen molar-refractivity contribution in [3.8, 4) is 0 Å². The van der Waals surface area contributed by atoms with Gasteiger partial charge in [-0.3, -0.25) is 9.59 Å². The summed E-state index contributed by atoms with van der Waals surface area (Å²) in [5.74, 6) is 1.03. The SMILES string of the molecule is CCC1C(=O)NC(CC)(CC)C(=O)N1Cc1ncc(C)o1. The number of aryl methyl sites for hydroxylation is 1. The van der Waals surface area contributed by atoms with E-state index < -0.39 is 11.6 Å². The molecule has 1 fully saturated rings. The standard InChI is InChI=1S/C15H23N3O3/c1-5-11-13(19)17-15(6-2,7-3)14(20)18(11)9-12-16-8-10(4)21-12/h8,11H,5-7,9H2,1-4H3,(H,17,19). The molecule has 2 heterocycles. The number of carbonyl (C=O) groups excluding carboxylic acids is 2. The zero-order chi connectivity index (χ0) is 15.6. The van der Waals surface area contributed by atoms with E-state index in [1.807, 2.05) is 20.8 Å². The van der Waals surface area contributed by atoms with Crippen molar-refractivity contribution in [3.05, 3.63) is 17.8 Å². The van der Waals surface area contributed by atoms with Crippen molar-refractivity contribution < 1.29 is 14.0 Å². The molecule has 0 spiro atoms. The Kier molecular flexibility index (Phi) is 4.34. The van der Waals surface area contributed by atoms with Gasteiger partial charge in [0.25, 0.3) is 0 Å². The van der Waals surface area contributed by atoms with Gasteiger partial charge in [-0.05, 0) is 26.2 Å². The second-order valence-electron chi connectivity index (χ2n) is 5.50. The topological polar surface area (TPSA) is 75.4 Å². The van der Waals surface area contributed by atoms with Gasteiger partial charge in [0.2, 0.25) is 17.7 Å². The summed E-state index contributed by atoms with van der Waals surface area (Å²) >= 11 is 0. The minimum atomic E-state index is -0.801. The first-order valence-corrected chi connectivity index (χ1v) is 7.51. The van der Waals surface area contributed by atoms with Crippen molar-refractivity contribution in [2.45, 2.75) is 65.1 Å². The third-order valence-electron chi connectivity index (χ3n) is 4.28. The van der Waals surface area contributed by atoms with Gasteiger partial charge in [0.1, 0.15) is 17.3 Å². The monoisotopic (exact) mass is 293 g/mol. The van der Waals surface area contributed by atoms with E-state index in [0.717, 1.165) is 0 Å². The molecular formula is C15H23N3O3. The maximum absolute atomic E-state index is 12.9. The van der Waals surface area contributed by atoms with Gasteiger partial charge in [-0.15, -0.1) is 0 Å². The number of oxazole rings is 1. The molecule has 2 rings (SSSR count). The van der Waals surface area contributed by atoms with Crippen LogP contribution in [0.3, 0.4) is 0 Å². The fourth-order valence-electron chi connectivity index (χ4n) is 2.87. The minimum Gasteiger partial charge on any atom is -0.444 e. The smallest absolute Gasteiger partial charge is 0.249 e. The number of piperazine rings is 1. The highest BCUT2D eigenvalue weighted by Gasteiger charge is 2.48. The Labute approximate surface area is 124 Å². The average Bonchev–Trinajstić information content (AvgIpc) is 2.88. The van der Waals surface area contributed by atoms with Crippen molar-refractivity contribution in [2.75, 3.05) is 0 Å². The summed E-state index contributed by atoms with van der Waals surface area (Å²) in [5, 5.41) is 2.92. The number of hydrogen-bond donors (Lipinski definition) is 1. The Morgan fingerprint density at radius 3 is 2.48 bits per heavy atom. The third-order valence-corrected chi connectivity index (χ3v) is 4.28. The van der Waals surface area contributed by atoms with E-state index in [9.17, 15) is 9.59 Å². The van der Waals surface area contributed by atoms with Crippen LogP contribution in [-0.2, 0) is 16.1 Å². The van der Waals surface area contributed by atoms with Gasteiger partial charge in [0, 0.05) is 0 Å². The van der Waals surface area contributed by atoms with E-state index >= 15 is 0 Å². The Hall–Kier alpha value is -1.85. The van der Waals surface area contributed by atoms with Crippen LogP contribution in [0.25, 0.3) is 0 Å². The number of nitrogens with zero attached hydrogens (tertiary/aromatic N) is 2. The van der Waals surface area contributed by atoms with Crippen molar-refractivity contribution in [3.63, 3.8) is 0 Å². The maximum Gasteiger partial charge on any atom is 0.249 e. The molecule has 0 saturated carbocycles. The van der Waals surface area contributed by atoms with Gasteiger partial charge in [-0.2, -0.15) is 0 Å². The third kappa shape index (κ3) is 2.66. The molecule has 116 valence electrons. The first-order valence-electron chi connectivity index (χ1n) is 7.51. The summed E-state index contributed by atoms with van der Waals surface area (Å²) in [7, 11) is 0. The molecule has 1 aliphatic heterocycles. The molecule has 1 aromatic heterocycles. The fraction of sp³-hybridized carbons (Fsp3) is 0.667. The Bertz CT molecular complexity index is 534. The van der Waals surface area contributed by atoms with E-state index in [2.05, 4.69) is 10.3 Å². The molecular weight excluding hydrogens is 270 g/mol. The van der Waals surface area contributed by atoms with E-state index in [-0.39, 0.29) is 18.4 Å². The predicted molar refractivity (Wildman–Crippen MR) is 77.3 cm³/mol. The second kappa shape index (κ2) is 5.87. The molecule has 2 amide bonds. The van der Waals surface area contributed by atoms with Gasteiger partial charge in [-0.1, -0.05) is 20.8 Å². The van der Waals surface area contributed by atoms with E-state index in [4.69, 9.17) is 4.42 Å². The highest BCUT2D eigenvalue weighted by atomic mass is 16.4. The van der Waals surface area contributed by atoms with E-state index in [0.29, 0.717) is 30.9 Å². The van der Waals surface area contributed by atoms with Crippen molar-refractivity contribution in [2.24, 2.45) is 0 Å². The number of carbonyl (C=O) groups is 2. The highest BCUT2D eigenvalue weighted by molar-refractivity contribution is 5.99. The van der Waals surface area contributed by atoms with Crippen molar-refractivity contribution in [1.82, 2.24) is 15.2 Å². The van der Waals surface area contributed by atoms with Gasteiger partial charge in [0.05, 0.1) is 12.7 Å². The quantitative estimate of drug-likeness (QED) is 0.898. The molecule has 1 aromatic rings. The molecule has 21 heavy (non-hydrogen) atoms. The van der Waals surface area contributed by atoms with Gasteiger partial charge >= 0.3 is 0 Å². The predicted octanol–water partition coefficient (Wildman–Crippen LogP) is 1.78. The first kappa shape index (κ1) is 15.5. The van der Waals surface area contributed by atoms with Crippen LogP contribution in [0.2, 0.25) is 0 Å². The molecule has 0 radical (unpaired) electrons. The number of hydrogen-bond acceptors (Lipinski definition) is 4. The Balaban J connectivity index is 2.32. The second-order valence-corrected chi connectivity index (χ2v) is 5.50. The number of rotatable bonds is 5. The molecule has 1 aliphatic rings. The molecule has 6 heteroatoms. The van der Waals surface area contributed by atoms with Crippen LogP contribution in [0, 0.1) is 6.92 Å². The summed E-state index contributed by atoms with van der Waals surface area (Å²) in [5.41, 5.74) is -0.801. The molecule has 1 saturated heterocycles. The normalized spacial score (nSPS) is 21.5. The van der Waals surface area contributed by atoms with Gasteiger partial charge in [0.15, 0.2) is 0 Å². The molecule has 6 nitrogen and oxygen atoms in total. The van der Waals surface area contributed by atoms with Crippen LogP contribution in [0.1, 0.15) is 51.7 Å². The van der Waals surface area contributed by atoms with Crippen molar-refractivity contribution >= 4 is 11.8 Å². The summed E-state index contributed by atoms with van der Waals surface area (Å²) in [6, 6.07) is -0.462. The fourth-order valence-corrected chi connectivity index (χ4v) is 2.87. The summed E-state index contributed by atoms with van der Waals surface area (Å²) in [6.07, 6.45) is 3.34. The van der Waals surface area contributed by atoms with Crippen LogP contribution in [-0.4, -0.2) is 33.3 Å². The lowest BCUT2D eigenvalue weighted by Crippen LogP contribution is -2.69. The largest absolute Gasteiger partial charge is 0.444 e. The average molecular weight is 293 g/mol. The number of aromatic nitrogens is 1. The highest BCUT2D eigenvalue weighted by Crippen LogP contribution is 2.27. The zero-order valence-corrected chi connectivity index (χ0v) is 13.1. The van der Waals surface area contributed by atoms with Crippen LogP contribution >= 0.6 is 0 Å². The lowest BCUT2D eigenvalue weighted by atomic mass is 9.86. The van der Waals surface area contributed by atoms with Gasteiger partial charge < -0.3 is 14.6 Å². The molecule has 1 unspecified atom stereocenters. The summed E-state index contributed by atoms with van der Waals surface area (Å²) in [4.78, 5) is 31.0. The van der Waals surface area contributed by atoms with Gasteiger partial charge in [-0.25, -0.2) is 4.98 Å². The minimum absolute atomic E-state index is 0.0465. The molecule has 1 N–H and O–H groups in total. The van der Waals surface area contributed by atoms with E-state index in [1.165, 1.54) is 0 Å². The Morgan fingerprint density at radius 1 is 1.33 bits per heavy atom. The summed E-state index contributed by atoms with van der Waals surface area (Å²) < 4.78 is 5.46. The lowest BCUT2D eigenvalue weighted by molar-refractivity contribution is -0.156. The van der Waals surface area contributed by atoms with Crippen LogP contribution in [0.15, 0.2) is 10.6 Å². The first-order chi connectivity index (χ1) is 9.97. The lowest BCUT2D eigenvalue weighted by Gasteiger charge is -2.44. The number of nitrogens with one attached hydrogen (secondary N) is 1. The Morgan fingerprint density at radius 2 is 2.00 bits per heavy atom. The maximum atomic E-state index is 12.9. The molecule has 0 aliphatic carbocycles. The molecule has 0 bridgehead atoms. The number of amides is 2. The van der Waals surface area contributed by atoms with Crippen LogP contribution in [0.4, 0.5) is 0 Å². The van der Waals surface area contributed by atoms with Crippen LogP contribution < -0.4 is 5.32 Å². The van der Waals surface area contributed by atoms with Crippen molar-refractivity contribution in [1.29, 1.82) is 0 Å². The summed E-state index contributed by atoms with van der Waals surface area (Å²) in [6.45, 7) is 7.78. The molecule has 0 aromatic carbocycles. The zero-order valence-electron chi connectivity index (χ0n) is 13.1. The molecule has 1 atom stereocenters. The van der Waals surface area contributed by atoms with E-state index in [1.54, 1.807) is 18.0 Å². The van der Waals surface area contributed by atoms with Crippen LogP contribution in [0.5, 0.6) is 0 Å².